The first kappa shape index (κ1) is 13.7. The summed E-state index contributed by atoms with van der Waals surface area (Å²) >= 11 is 0. The zero-order valence-electron chi connectivity index (χ0n) is 12.3. The van der Waals surface area contributed by atoms with Crippen LogP contribution in [-0.2, 0) is 11.3 Å². The van der Waals surface area contributed by atoms with Crippen molar-refractivity contribution >= 4 is 10.9 Å². The molecule has 0 spiro atoms. The highest BCUT2D eigenvalue weighted by Gasteiger charge is 2.18. The lowest BCUT2D eigenvalue weighted by atomic mass is 9.98. The maximum atomic E-state index is 5.26. The van der Waals surface area contributed by atoms with Crippen LogP contribution in [-0.4, -0.2) is 42.8 Å². The summed E-state index contributed by atoms with van der Waals surface area (Å²) < 4.78 is 7.63. The van der Waals surface area contributed by atoms with Crippen LogP contribution in [0.3, 0.4) is 0 Å². The van der Waals surface area contributed by atoms with Crippen LogP contribution in [0.15, 0.2) is 36.5 Å². The van der Waals surface area contributed by atoms with E-state index in [2.05, 4.69) is 46.0 Å². The fourth-order valence-corrected chi connectivity index (χ4v) is 3.20. The standard InChI is InChI=1S/C17H24N2O/c1-20-14-15-6-9-18(10-7-15)12-13-19-11-8-16-4-2-3-5-17(16)19/h2-5,8,11,15H,6-7,9-10,12-14H2,1H3. The summed E-state index contributed by atoms with van der Waals surface area (Å²) in [7, 11) is 1.81. The van der Waals surface area contributed by atoms with Crippen LogP contribution < -0.4 is 0 Å². The number of para-hydroxylation sites is 1. The van der Waals surface area contributed by atoms with Crippen molar-refractivity contribution in [1.29, 1.82) is 0 Å². The third-order valence-electron chi connectivity index (χ3n) is 4.45. The predicted octanol–water partition coefficient (Wildman–Crippen LogP) is 3.00. The maximum absolute atomic E-state index is 5.26. The number of ether oxygens (including phenoxy) is 1. The zero-order chi connectivity index (χ0) is 13.8. The number of likely N-dealkylation sites (tertiary alicyclic amines) is 1. The highest BCUT2D eigenvalue weighted by atomic mass is 16.5. The molecule has 20 heavy (non-hydrogen) atoms. The second kappa shape index (κ2) is 6.42. The Bertz CT molecular complexity index is 541. The first-order valence-electron chi connectivity index (χ1n) is 7.62. The van der Waals surface area contributed by atoms with Crippen molar-refractivity contribution in [1.82, 2.24) is 9.47 Å². The highest BCUT2D eigenvalue weighted by Crippen LogP contribution is 2.18. The second-order valence-corrected chi connectivity index (χ2v) is 5.81. The van der Waals surface area contributed by atoms with E-state index in [0.717, 1.165) is 25.6 Å². The van der Waals surface area contributed by atoms with E-state index < -0.39 is 0 Å². The van der Waals surface area contributed by atoms with Gasteiger partial charge in [0.2, 0.25) is 0 Å². The molecule has 0 aliphatic carbocycles. The molecule has 1 aromatic heterocycles. The molecule has 1 saturated heterocycles. The Morgan fingerprint density at radius 3 is 2.70 bits per heavy atom. The van der Waals surface area contributed by atoms with Crippen LogP contribution in [0.2, 0.25) is 0 Å². The number of hydrogen-bond acceptors (Lipinski definition) is 2. The van der Waals surface area contributed by atoms with Crippen LogP contribution in [0.4, 0.5) is 0 Å². The van der Waals surface area contributed by atoms with Crippen LogP contribution in [0.1, 0.15) is 12.8 Å². The summed E-state index contributed by atoms with van der Waals surface area (Å²) in [6.45, 7) is 5.59. The molecule has 0 amide bonds. The van der Waals surface area contributed by atoms with Gasteiger partial charge < -0.3 is 14.2 Å². The normalized spacial score (nSPS) is 17.9. The molecule has 1 aromatic carbocycles. The monoisotopic (exact) mass is 272 g/mol. The molecule has 3 rings (SSSR count). The van der Waals surface area contributed by atoms with E-state index in [4.69, 9.17) is 4.74 Å². The van der Waals surface area contributed by atoms with Gasteiger partial charge in [-0.1, -0.05) is 18.2 Å². The van der Waals surface area contributed by atoms with E-state index in [0.29, 0.717) is 0 Å². The van der Waals surface area contributed by atoms with Crippen molar-refractivity contribution in [2.24, 2.45) is 5.92 Å². The molecule has 2 aromatic rings. The molecular weight excluding hydrogens is 248 g/mol. The second-order valence-electron chi connectivity index (χ2n) is 5.81. The Morgan fingerprint density at radius 1 is 1.10 bits per heavy atom. The van der Waals surface area contributed by atoms with Gasteiger partial charge in [0, 0.05) is 38.5 Å². The predicted molar refractivity (Wildman–Crippen MR) is 83.0 cm³/mol. The van der Waals surface area contributed by atoms with Crippen molar-refractivity contribution in [2.45, 2.75) is 19.4 Å². The Morgan fingerprint density at radius 2 is 1.90 bits per heavy atom. The molecule has 2 heterocycles. The molecule has 0 N–H and O–H groups in total. The average molecular weight is 272 g/mol. The van der Waals surface area contributed by atoms with E-state index in [9.17, 15) is 0 Å². The van der Waals surface area contributed by atoms with E-state index in [1.165, 1.54) is 36.8 Å². The average Bonchev–Trinajstić information content (AvgIpc) is 2.90. The van der Waals surface area contributed by atoms with Crippen LogP contribution >= 0.6 is 0 Å². The van der Waals surface area contributed by atoms with Crippen molar-refractivity contribution in [3.8, 4) is 0 Å². The molecular formula is C17H24N2O. The molecule has 1 fully saturated rings. The first-order valence-corrected chi connectivity index (χ1v) is 7.62. The van der Waals surface area contributed by atoms with Gasteiger partial charge in [0.25, 0.3) is 0 Å². The molecule has 0 radical (unpaired) electrons. The van der Waals surface area contributed by atoms with E-state index in [-0.39, 0.29) is 0 Å². The third-order valence-corrected chi connectivity index (χ3v) is 4.45. The first-order chi connectivity index (χ1) is 9.86. The van der Waals surface area contributed by atoms with Gasteiger partial charge in [0.05, 0.1) is 0 Å². The summed E-state index contributed by atoms with van der Waals surface area (Å²) in [5, 5.41) is 1.34. The minimum Gasteiger partial charge on any atom is -0.384 e. The Hall–Kier alpha value is -1.32. The number of nitrogens with zero attached hydrogens (tertiary/aromatic N) is 2. The van der Waals surface area contributed by atoms with Crippen molar-refractivity contribution in [3.63, 3.8) is 0 Å². The van der Waals surface area contributed by atoms with E-state index >= 15 is 0 Å². The maximum Gasteiger partial charge on any atom is 0.0491 e. The topological polar surface area (TPSA) is 17.4 Å². The van der Waals surface area contributed by atoms with E-state index in [1.54, 1.807) is 0 Å². The lowest BCUT2D eigenvalue weighted by molar-refractivity contribution is 0.0982. The Balaban J connectivity index is 1.53. The van der Waals surface area contributed by atoms with Crippen LogP contribution in [0.5, 0.6) is 0 Å². The SMILES string of the molecule is COCC1CCN(CCn2ccc3ccccc32)CC1. The molecule has 0 atom stereocenters. The molecule has 3 heteroatoms. The van der Waals surface area contributed by atoms with Gasteiger partial charge in [-0.15, -0.1) is 0 Å². The fraction of sp³-hybridized carbons (Fsp3) is 0.529. The molecule has 1 aliphatic heterocycles. The van der Waals surface area contributed by atoms with Crippen molar-refractivity contribution < 1.29 is 4.74 Å². The summed E-state index contributed by atoms with van der Waals surface area (Å²) in [5.41, 5.74) is 1.35. The molecule has 108 valence electrons. The Labute approximate surface area is 121 Å². The van der Waals surface area contributed by atoms with Gasteiger partial charge in [0.15, 0.2) is 0 Å². The number of piperidine rings is 1. The summed E-state index contributed by atoms with van der Waals surface area (Å²) in [5.74, 6) is 0.767. The minimum absolute atomic E-state index is 0.767. The quantitative estimate of drug-likeness (QED) is 0.832. The number of methoxy groups -OCH3 is 1. The van der Waals surface area contributed by atoms with Gasteiger partial charge in [-0.25, -0.2) is 0 Å². The summed E-state index contributed by atoms with van der Waals surface area (Å²) in [6.07, 6.45) is 4.77. The van der Waals surface area contributed by atoms with Gasteiger partial charge >= 0.3 is 0 Å². The number of aromatic nitrogens is 1. The van der Waals surface area contributed by atoms with Crippen LogP contribution in [0.25, 0.3) is 10.9 Å². The molecule has 0 saturated carbocycles. The molecule has 3 nitrogen and oxygen atoms in total. The number of benzene rings is 1. The smallest absolute Gasteiger partial charge is 0.0491 e. The molecule has 0 unspecified atom stereocenters. The summed E-state index contributed by atoms with van der Waals surface area (Å²) in [4.78, 5) is 2.58. The minimum atomic E-state index is 0.767. The lowest BCUT2D eigenvalue weighted by Gasteiger charge is -2.31. The van der Waals surface area contributed by atoms with Crippen molar-refractivity contribution in [3.05, 3.63) is 36.5 Å². The Kier molecular flexibility index (Phi) is 4.38. The largest absolute Gasteiger partial charge is 0.384 e. The van der Waals surface area contributed by atoms with Crippen molar-refractivity contribution in [2.75, 3.05) is 33.4 Å². The van der Waals surface area contributed by atoms with Gasteiger partial charge in [0.1, 0.15) is 0 Å². The van der Waals surface area contributed by atoms with E-state index in [1.807, 2.05) is 7.11 Å². The molecule has 0 bridgehead atoms. The third kappa shape index (κ3) is 3.05. The fourth-order valence-electron chi connectivity index (χ4n) is 3.20. The van der Waals surface area contributed by atoms with Gasteiger partial charge in [-0.05, 0) is 49.4 Å². The molecule has 1 aliphatic rings. The lowest BCUT2D eigenvalue weighted by Crippen LogP contribution is -2.36. The number of rotatable bonds is 5. The van der Waals surface area contributed by atoms with Gasteiger partial charge in [-0.3, -0.25) is 0 Å². The van der Waals surface area contributed by atoms with Gasteiger partial charge in [-0.2, -0.15) is 0 Å². The zero-order valence-corrected chi connectivity index (χ0v) is 12.3. The highest BCUT2D eigenvalue weighted by molar-refractivity contribution is 5.79. The number of fused-ring (bicyclic) bond motifs is 1. The number of hydrogen-bond donors (Lipinski definition) is 0. The van der Waals surface area contributed by atoms with Crippen LogP contribution in [0, 0.1) is 5.92 Å². The summed E-state index contributed by atoms with van der Waals surface area (Å²) in [6, 6.07) is 10.8.